The van der Waals surface area contributed by atoms with Crippen molar-refractivity contribution in [1.29, 1.82) is 0 Å². The van der Waals surface area contributed by atoms with Crippen LogP contribution in [0.1, 0.15) is 19.8 Å². The van der Waals surface area contributed by atoms with Crippen LogP contribution in [0.15, 0.2) is 11.2 Å². The zero-order chi connectivity index (χ0) is 13.8. The molecule has 2 N–H and O–H groups in total. The molecular weight excluding hydrogens is 258 g/mol. The number of hydrogen-bond donors (Lipinski definition) is 2. The Morgan fingerprint density at radius 3 is 2.74 bits per heavy atom. The maximum atomic E-state index is 4.53. The third kappa shape index (κ3) is 3.73. The van der Waals surface area contributed by atoms with E-state index in [2.05, 4.69) is 39.5 Å². The second-order valence-electron chi connectivity index (χ2n) is 5.07. The highest BCUT2D eigenvalue weighted by Gasteiger charge is 2.23. The molecule has 19 heavy (non-hydrogen) atoms. The minimum absolute atomic E-state index is 0.500. The molecule has 6 heteroatoms. The van der Waals surface area contributed by atoms with Crippen molar-refractivity contribution in [3.05, 3.63) is 6.07 Å². The first kappa shape index (κ1) is 14.4. The van der Waals surface area contributed by atoms with E-state index in [9.17, 15) is 0 Å². The quantitative estimate of drug-likeness (QED) is 0.651. The predicted molar refractivity (Wildman–Crippen MR) is 82.1 cm³/mol. The van der Waals surface area contributed by atoms with Crippen LogP contribution in [0, 0.1) is 0 Å². The summed E-state index contributed by atoms with van der Waals surface area (Å²) in [6, 6.07) is 3.10. The molecular formula is C13H23N5S. The van der Waals surface area contributed by atoms with Gasteiger partial charge in [0.15, 0.2) is 5.16 Å². The van der Waals surface area contributed by atoms with E-state index >= 15 is 0 Å². The van der Waals surface area contributed by atoms with Gasteiger partial charge in [0, 0.05) is 31.7 Å². The van der Waals surface area contributed by atoms with Gasteiger partial charge in [-0.25, -0.2) is 9.97 Å². The van der Waals surface area contributed by atoms with Crippen LogP contribution in [-0.4, -0.2) is 53.8 Å². The standard InChI is InChI=1S/C13H23N5S/c1-9-7-10(5-6-18(9)3)15-12-8-11(14-2)16-13(17-12)19-4/h8-10H,5-7H2,1-4H3,(H2,14,15,16,17). The predicted octanol–water partition coefficient (Wildman–Crippen LogP) is 2.13. The summed E-state index contributed by atoms with van der Waals surface area (Å²) in [5, 5.41) is 7.43. The Labute approximate surface area is 119 Å². The van der Waals surface area contributed by atoms with E-state index in [1.165, 1.54) is 0 Å². The third-order valence-electron chi connectivity index (χ3n) is 3.70. The van der Waals surface area contributed by atoms with Gasteiger partial charge in [-0.1, -0.05) is 11.8 Å². The monoisotopic (exact) mass is 281 g/mol. The number of piperidine rings is 1. The Hall–Kier alpha value is -1.01. The molecule has 1 aromatic rings. The van der Waals surface area contributed by atoms with Crippen LogP contribution >= 0.6 is 11.8 Å². The van der Waals surface area contributed by atoms with Crippen molar-refractivity contribution in [2.45, 2.75) is 37.0 Å². The lowest BCUT2D eigenvalue weighted by Gasteiger charge is -2.35. The van der Waals surface area contributed by atoms with Gasteiger partial charge in [0.1, 0.15) is 11.6 Å². The molecule has 2 unspecified atom stereocenters. The summed E-state index contributed by atoms with van der Waals surface area (Å²) < 4.78 is 0. The number of rotatable bonds is 4. The molecule has 1 fully saturated rings. The third-order valence-corrected chi connectivity index (χ3v) is 4.25. The second kappa shape index (κ2) is 6.43. The van der Waals surface area contributed by atoms with E-state index < -0.39 is 0 Å². The second-order valence-corrected chi connectivity index (χ2v) is 5.84. The lowest BCUT2D eigenvalue weighted by molar-refractivity contribution is 0.190. The molecule has 2 rings (SSSR count). The average molecular weight is 281 g/mol. The van der Waals surface area contributed by atoms with Crippen LogP contribution in [0.3, 0.4) is 0 Å². The molecule has 1 saturated heterocycles. The van der Waals surface area contributed by atoms with Crippen molar-refractivity contribution in [3.63, 3.8) is 0 Å². The van der Waals surface area contributed by atoms with E-state index in [1.54, 1.807) is 11.8 Å². The summed E-state index contributed by atoms with van der Waals surface area (Å²) in [6.07, 6.45) is 4.31. The molecule has 0 amide bonds. The summed E-state index contributed by atoms with van der Waals surface area (Å²) in [5.74, 6) is 1.79. The minimum atomic E-state index is 0.500. The zero-order valence-corrected chi connectivity index (χ0v) is 12.9. The largest absolute Gasteiger partial charge is 0.373 e. The number of anilines is 2. The molecule has 0 spiro atoms. The molecule has 1 aromatic heterocycles. The van der Waals surface area contributed by atoms with Crippen LogP contribution in [0.25, 0.3) is 0 Å². The summed E-state index contributed by atoms with van der Waals surface area (Å²) >= 11 is 1.57. The Balaban J connectivity index is 2.06. The summed E-state index contributed by atoms with van der Waals surface area (Å²) in [4.78, 5) is 11.3. The number of nitrogens with zero attached hydrogens (tertiary/aromatic N) is 3. The van der Waals surface area contributed by atoms with E-state index in [0.29, 0.717) is 12.1 Å². The molecule has 1 aliphatic rings. The van der Waals surface area contributed by atoms with Gasteiger partial charge in [-0.2, -0.15) is 0 Å². The Morgan fingerprint density at radius 2 is 2.11 bits per heavy atom. The van der Waals surface area contributed by atoms with Crippen molar-refractivity contribution in [1.82, 2.24) is 14.9 Å². The van der Waals surface area contributed by atoms with Crippen molar-refractivity contribution in [2.75, 3.05) is 37.5 Å². The average Bonchev–Trinajstić information content (AvgIpc) is 2.42. The van der Waals surface area contributed by atoms with Crippen LogP contribution in [-0.2, 0) is 0 Å². The fourth-order valence-corrected chi connectivity index (χ4v) is 2.73. The van der Waals surface area contributed by atoms with Gasteiger partial charge >= 0.3 is 0 Å². The van der Waals surface area contributed by atoms with Crippen LogP contribution < -0.4 is 10.6 Å². The van der Waals surface area contributed by atoms with E-state index in [1.807, 2.05) is 19.4 Å². The minimum Gasteiger partial charge on any atom is -0.373 e. The smallest absolute Gasteiger partial charge is 0.191 e. The lowest BCUT2D eigenvalue weighted by atomic mass is 9.99. The molecule has 5 nitrogen and oxygen atoms in total. The summed E-state index contributed by atoms with van der Waals surface area (Å²) in [5.41, 5.74) is 0. The first-order valence-electron chi connectivity index (χ1n) is 6.70. The van der Waals surface area contributed by atoms with Crippen LogP contribution in [0.4, 0.5) is 11.6 Å². The fraction of sp³-hybridized carbons (Fsp3) is 0.692. The molecule has 0 bridgehead atoms. The number of nitrogens with one attached hydrogen (secondary N) is 2. The maximum absolute atomic E-state index is 4.53. The number of thioether (sulfide) groups is 1. The number of aromatic nitrogens is 2. The molecule has 2 atom stereocenters. The highest BCUT2D eigenvalue weighted by atomic mass is 32.2. The topological polar surface area (TPSA) is 53.1 Å². The highest BCUT2D eigenvalue weighted by Crippen LogP contribution is 2.22. The summed E-state index contributed by atoms with van der Waals surface area (Å²) in [7, 11) is 4.07. The molecule has 0 aliphatic carbocycles. The van der Waals surface area contributed by atoms with Gasteiger partial charge in [-0.3, -0.25) is 0 Å². The zero-order valence-electron chi connectivity index (χ0n) is 12.1. The lowest BCUT2D eigenvalue weighted by Crippen LogP contribution is -2.42. The van der Waals surface area contributed by atoms with Crippen molar-refractivity contribution < 1.29 is 0 Å². The molecule has 2 heterocycles. The number of likely N-dealkylation sites (tertiary alicyclic amines) is 1. The van der Waals surface area contributed by atoms with Crippen molar-refractivity contribution in [2.24, 2.45) is 0 Å². The first-order chi connectivity index (χ1) is 9.12. The van der Waals surface area contributed by atoms with Gasteiger partial charge in [-0.05, 0) is 33.1 Å². The van der Waals surface area contributed by atoms with Crippen LogP contribution in [0.5, 0.6) is 0 Å². The van der Waals surface area contributed by atoms with E-state index in [4.69, 9.17) is 0 Å². The van der Waals surface area contributed by atoms with E-state index in [0.717, 1.165) is 36.2 Å². The Kier molecular flexibility index (Phi) is 4.87. The summed E-state index contributed by atoms with van der Waals surface area (Å²) in [6.45, 7) is 3.42. The van der Waals surface area contributed by atoms with Crippen LogP contribution in [0.2, 0.25) is 0 Å². The van der Waals surface area contributed by atoms with Gasteiger partial charge < -0.3 is 15.5 Å². The van der Waals surface area contributed by atoms with Gasteiger partial charge in [-0.15, -0.1) is 0 Å². The molecule has 0 saturated carbocycles. The normalized spacial score (nSPS) is 24.2. The maximum Gasteiger partial charge on any atom is 0.191 e. The SMILES string of the molecule is CNc1cc(NC2CCN(C)C(C)C2)nc(SC)n1. The molecule has 106 valence electrons. The first-order valence-corrected chi connectivity index (χ1v) is 7.92. The van der Waals surface area contributed by atoms with Crippen molar-refractivity contribution in [3.8, 4) is 0 Å². The fourth-order valence-electron chi connectivity index (χ4n) is 2.35. The number of hydrogen-bond acceptors (Lipinski definition) is 6. The molecule has 1 aliphatic heterocycles. The molecule has 0 aromatic carbocycles. The van der Waals surface area contributed by atoms with Gasteiger partial charge in [0.25, 0.3) is 0 Å². The Bertz CT molecular complexity index is 403. The van der Waals surface area contributed by atoms with Crippen molar-refractivity contribution >= 4 is 23.4 Å². The van der Waals surface area contributed by atoms with Gasteiger partial charge in [0.2, 0.25) is 0 Å². The van der Waals surface area contributed by atoms with Gasteiger partial charge in [0.05, 0.1) is 0 Å². The van der Waals surface area contributed by atoms with E-state index in [-0.39, 0.29) is 0 Å². The Morgan fingerprint density at radius 1 is 1.37 bits per heavy atom. The molecule has 0 radical (unpaired) electrons. The highest BCUT2D eigenvalue weighted by molar-refractivity contribution is 7.98.